The molecule has 1 N–H and O–H groups in total. The van der Waals surface area contributed by atoms with Gasteiger partial charge in [-0.25, -0.2) is 4.98 Å². The number of hydrogen-bond acceptors (Lipinski definition) is 4. The SMILES string of the molecule is CCc1ccc2oc(-c3ccc(C(C)(C)C)cc3)c/c(=N\Nc3ccc4ccccc4n3)c2c1. The molecule has 0 saturated carbocycles. The van der Waals surface area contributed by atoms with Crippen LogP contribution in [-0.4, -0.2) is 4.98 Å². The van der Waals surface area contributed by atoms with E-state index in [2.05, 4.69) is 86.6 Å². The van der Waals surface area contributed by atoms with Gasteiger partial charge in [0.1, 0.15) is 17.2 Å². The Morgan fingerprint density at radius 3 is 2.44 bits per heavy atom. The molecule has 0 amide bonds. The van der Waals surface area contributed by atoms with Gasteiger partial charge in [-0.05, 0) is 53.3 Å². The molecular formula is C30H29N3O. The van der Waals surface area contributed by atoms with E-state index in [1.165, 1.54) is 11.1 Å². The number of para-hydroxylation sites is 1. The number of anilines is 1. The van der Waals surface area contributed by atoms with Crippen molar-refractivity contribution >= 4 is 27.7 Å². The number of aryl methyl sites for hydroxylation is 1. The Bertz CT molecular complexity index is 1540. The van der Waals surface area contributed by atoms with Crippen molar-refractivity contribution in [2.75, 3.05) is 5.43 Å². The molecule has 0 aliphatic heterocycles. The summed E-state index contributed by atoms with van der Waals surface area (Å²) >= 11 is 0. The summed E-state index contributed by atoms with van der Waals surface area (Å²) in [6.45, 7) is 8.81. The highest BCUT2D eigenvalue weighted by Crippen LogP contribution is 2.27. The number of benzene rings is 3. The van der Waals surface area contributed by atoms with Gasteiger partial charge in [-0.15, -0.1) is 0 Å². The number of nitrogens with one attached hydrogen (secondary N) is 1. The van der Waals surface area contributed by atoms with Crippen molar-refractivity contribution in [3.8, 4) is 11.3 Å². The minimum absolute atomic E-state index is 0.104. The van der Waals surface area contributed by atoms with E-state index in [0.29, 0.717) is 5.82 Å². The molecule has 0 spiro atoms. The van der Waals surface area contributed by atoms with Crippen LogP contribution in [0.25, 0.3) is 33.2 Å². The Morgan fingerprint density at radius 1 is 0.882 bits per heavy atom. The maximum atomic E-state index is 6.32. The van der Waals surface area contributed by atoms with E-state index in [1.54, 1.807) is 0 Å². The average Bonchev–Trinajstić information content (AvgIpc) is 2.86. The van der Waals surface area contributed by atoms with Gasteiger partial charge in [0.15, 0.2) is 0 Å². The number of aromatic nitrogens is 1. The van der Waals surface area contributed by atoms with Crippen molar-refractivity contribution in [2.24, 2.45) is 5.10 Å². The zero-order chi connectivity index (χ0) is 23.7. The molecule has 4 nitrogen and oxygen atoms in total. The van der Waals surface area contributed by atoms with Crippen LogP contribution in [0, 0.1) is 0 Å². The van der Waals surface area contributed by atoms with Crippen LogP contribution >= 0.6 is 0 Å². The average molecular weight is 448 g/mol. The van der Waals surface area contributed by atoms with Crippen LogP contribution in [-0.2, 0) is 11.8 Å². The van der Waals surface area contributed by atoms with Crippen molar-refractivity contribution in [3.05, 3.63) is 101 Å². The molecule has 0 aliphatic rings. The molecular weight excluding hydrogens is 418 g/mol. The Kier molecular flexibility index (Phi) is 5.66. The summed E-state index contributed by atoms with van der Waals surface area (Å²) < 4.78 is 6.32. The summed E-state index contributed by atoms with van der Waals surface area (Å²) in [6.07, 6.45) is 0.949. The molecule has 0 aliphatic carbocycles. The number of hydrogen-bond donors (Lipinski definition) is 1. The van der Waals surface area contributed by atoms with E-state index in [4.69, 9.17) is 9.52 Å². The second-order valence-corrected chi connectivity index (χ2v) is 9.62. The summed E-state index contributed by atoms with van der Waals surface area (Å²) in [6, 6.07) is 28.9. The van der Waals surface area contributed by atoms with Gasteiger partial charge >= 0.3 is 0 Å². The highest BCUT2D eigenvalue weighted by Gasteiger charge is 2.14. The van der Waals surface area contributed by atoms with Gasteiger partial charge in [-0.2, -0.15) is 5.10 Å². The molecule has 4 heteroatoms. The molecule has 0 atom stereocenters. The highest BCUT2D eigenvalue weighted by molar-refractivity contribution is 5.81. The van der Waals surface area contributed by atoms with Crippen molar-refractivity contribution in [1.29, 1.82) is 0 Å². The Labute approximate surface area is 200 Å². The predicted molar refractivity (Wildman–Crippen MR) is 141 cm³/mol. The van der Waals surface area contributed by atoms with Crippen LogP contribution in [0.15, 0.2) is 94.4 Å². The van der Waals surface area contributed by atoms with E-state index in [-0.39, 0.29) is 5.41 Å². The quantitative estimate of drug-likeness (QED) is 0.291. The first-order chi connectivity index (χ1) is 16.4. The van der Waals surface area contributed by atoms with Gasteiger partial charge in [0.25, 0.3) is 0 Å². The Hall–Kier alpha value is -3.92. The molecule has 2 heterocycles. The number of rotatable bonds is 4. The topological polar surface area (TPSA) is 50.4 Å². The van der Waals surface area contributed by atoms with Crippen LogP contribution in [0.3, 0.4) is 0 Å². The van der Waals surface area contributed by atoms with Gasteiger partial charge < -0.3 is 4.42 Å². The molecule has 0 fully saturated rings. The molecule has 0 unspecified atom stereocenters. The number of fused-ring (bicyclic) bond motifs is 2. The minimum Gasteiger partial charge on any atom is -0.456 e. The predicted octanol–water partition coefficient (Wildman–Crippen LogP) is 7.44. The van der Waals surface area contributed by atoms with Crippen LogP contribution in [0.5, 0.6) is 0 Å². The summed E-state index contributed by atoms with van der Waals surface area (Å²) in [7, 11) is 0. The summed E-state index contributed by atoms with van der Waals surface area (Å²) in [4.78, 5) is 4.69. The van der Waals surface area contributed by atoms with Crippen LogP contribution < -0.4 is 10.8 Å². The van der Waals surface area contributed by atoms with Crippen molar-refractivity contribution < 1.29 is 4.42 Å². The van der Waals surface area contributed by atoms with Gasteiger partial charge in [0, 0.05) is 22.4 Å². The summed E-state index contributed by atoms with van der Waals surface area (Å²) in [5.74, 6) is 1.49. The van der Waals surface area contributed by atoms with E-state index in [9.17, 15) is 0 Å². The Balaban J connectivity index is 1.60. The second kappa shape index (κ2) is 8.79. The fraction of sp³-hybridized carbons (Fsp3) is 0.200. The fourth-order valence-corrected chi connectivity index (χ4v) is 4.05. The zero-order valence-corrected chi connectivity index (χ0v) is 20.1. The third-order valence-corrected chi connectivity index (χ3v) is 6.14. The molecule has 3 aromatic carbocycles. The van der Waals surface area contributed by atoms with Crippen LogP contribution in [0.1, 0.15) is 38.8 Å². The third kappa shape index (κ3) is 4.44. The van der Waals surface area contributed by atoms with Crippen molar-refractivity contribution in [2.45, 2.75) is 39.5 Å². The lowest BCUT2D eigenvalue weighted by atomic mass is 9.86. The third-order valence-electron chi connectivity index (χ3n) is 6.14. The molecule has 0 bridgehead atoms. The molecule has 0 saturated heterocycles. The Morgan fingerprint density at radius 2 is 1.68 bits per heavy atom. The smallest absolute Gasteiger partial charge is 0.146 e. The van der Waals surface area contributed by atoms with Gasteiger partial charge in [0.2, 0.25) is 0 Å². The van der Waals surface area contributed by atoms with Crippen LogP contribution in [0.4, 0.5) is 5.82 Å². The normalized spacial score (nSPS) is 12.4. The lowest BCUT2D eigenvalue weighted by Gasteiger charge is -2.19. The first-order valence-corrected chi connectivity index (χ1v) is 11.7. The largest absolute Gasteiger partial charge is 0.456 e. The standard InChI is InChI=1S/C30H29N3O/c1-5-20-10-16-27-24(18-20)26(32-33-29-17-13-21-8-6-7-9-25(21)31-29)19-28(34-27)22-11-14-23(15-12-22)30(2,3)4/h6-19H,5H2,1-4H3,(H,31,33)/b32-26+. The monoisotopic (exact) mass is 447 g/mol. The lowest BCUT2D eigenvalue weighted by molar-refractivity contribution is 0.589. The first kappa shape index (κ1) is 21.9. The molecule has 34 heavy (non-hydrogen) atoms. The maximum Gasteiger partial charge on any atom is 0.146 e. The lowest BCUT2D eigenvalue weighted by Crippen LogP contribution is -2.10. The second-order valence-electron chi connectivity index (χ2n) is 9.62. The fourth-order valence-electron chi connectivity index (χ4n) is 4.05. The summed E-state index contributed by atoms with van der Waals surface area (Å²) in [5, 5.41) is 7.66. The van der Waals surface area contributed by atoms with E-state index in [1.807, 2.05) is 36.4 Å². The van der Waals surface area contributed by atoms with Gasteiger partial charge in [-0.3, -0.25) is 5.43 Å². The maximum absolute atomic E-state index is 6.32. The molecule has 5 aromatic rings. The van der Waals surface area contributed by atoms with Gasteiger partial charge in [-0.1, -0.05) is 76.2 Å². The number of nitrogens with zero attached hydrogens (tertiary/aromatic N) is 2. The number of pyridine rings is 1. The van der Waals surface area contributed by atoms with E-state index in [0.717, 1.165) is 45.0 Å². The van der Waals surface area contributed by atoms with Crippen molar-refractivity contribution in [1.82, 2.24) is 4.98 Å². The van der Waals surface area contributed by atoms with Crippen molar-refractivity contribution in [3.63, 3.8) is 0 Å². The zero-order valence-electron chi connectivity index (χ0n) is 20.1. The molecule has 170 valence electrons. The molecule has 5 rings (SSSR count). The van der Waals surface area contributed by atoms with Crippen LogP contribution in [0.2, 0.25) is 0 Å². The summed E-state index contributed by atoms with van der Waals surface area (Å²) in [5.41, 5.74) is 8.56. The van der Waals surface area contributed by atoms with Gasteiger partial charge in [0.05, 0.1) is 10.9 Å². The highest BCUT2D eigenvalue weighted by atomic mass is 16.3. The van der Waals surface area contributed by atoms with E-state index < -0.39 is 0 Å². The molecule has 0 radical (unpaired) electrons. The molecule has 2 aromatic heterocycles. The van der Waals surface area contributed by atoms with E-state index >= 15 is 0 Å². The first-order valence-electron chi connectivity index (χ1n) is 11.7. The minimum atomic E-state index is 0.104.